The lowest BCUT2D eigenvalue weighted by Gasteiger charge is -2.06. The van der Waals surface area contributed by atoms with Crippen LogP contribution in [-0.4, -0.2) is 5.78 Å². The van der Waals surface area contributed by atoms with E-state index in [1.165, 1.54) is 0 Å². The summed E-state index contributed by atoms with van der Waals surface area (Å²) in [5.74, 6) is 1.28. The van der Waals surface area contributed by atoms with Gasteiger partial charge in [-0.2, -0.15) is 0 Å². The van der Waals surface area contributed by atoms with Crippen LogP contribution in [0.15, 0.2) is 12.2 Å². The minimum Gasteiger partial charge on any atom is -0.300 e. The van der Waals surface area contributed by atoms with E-state index in [9.17, 15) is 4.79 Å². The summed E-state index contributed by atoms with van der Waals surface area (Å²) in [4.78, 5) is 11.3. The van der Waals surface area contributed by atoms with Gasteiger partial charge in [0.1, 0.15) is 5.78 Å². The average Bonchev–Trinajstić information content (AvgIpc) is 1.84. The highest BCUT2D eigenvalue weighted by Crippen LogP contribution is 2.09. The van der Waals surface area contributed by atoms with Crippen LogP contribution in [0.5, 0.6) is 0 Å². The maximum atomic E-state index is 11.3. The molecule has 0 aliphatic carbocycles. The van der Waals surface area contributed by atoms with Crippen molar-refractivity contribution in [3.63, 3.8) is 0 Å². The molecule has 0 bridgehead atoms. The quantitative estimate of drug-likeness (QED) is 0.576. The third kappa shape index (κ3) is 6.14. The van der Waals surface area contributed by atoms with Crippen LogP contribution in [0.3, 0.4) is 0 Å². The molecule has 0 aromatic heterocycles. The van der Waals surface area contributed by atoms with Gasteiger partial charge in [0.05, 0.1) is 0 Å². The fraction of sp³-hybridized carbons (Fsp3) is 0.727. The third-order valence-electron chi connectivity index (χ3n) is 1.71. The molecule has 0 aliphatic rings. The first-order valence-electron chi connectivity index (χ1n) is 4.70. The van der Waals surface area contributed by atoms with Crippen LogP contribution >= 0.6 is 0 Å². The van der Waals surface area contributed by atoms with Crippen LogP contribution in [-0.2, 0) is 4.79 Å². The minimum atomic E-state index is 0.385. The van der Waals surface area contributed by atoms with Crippen molar-refractivity contribution in [2.45, 2.75) is 40.5 Å². The first kappa shape index (κ1) is 11.4. The van der Waals surface area contributed by atoms with E-state index in [0.717, 1.165) is 6.42 Å². The van der Waals surface area contributed by atoms with Crippen molar-refractivity contribution >= 4 is 5.78 Å². The molecule has 0 amide bonds. The number of hydrogen-bond donors (Lipinski definition) is 0. The molecule has 0 heterocycles. The standard InChI is InChI=1S/C11H20O/c1-5-6-10(4)8-11(12)7-9(2)3/h5-6,9-10H,7-8H2,1-4H3/b6-5+. The molecule has 0 fully saturated rings. The first-order chi connectivity index (χ1) is 5.56. The monoisotopic (exact) mass is 168 g/mol. The Hall–Kier alpha value is -0.590. The zero-order chi connectivity index (χ0) is 9.56. The fourth-order valence-corrected chi connectivity index (χ4v) is 1.29. The topological polar surface area (TPSA) is 17.1 Å². The molecular formula is C11H20O. The van der Waals surface area contributed by atoms with Gasteiger partial charge in [-0.25, -0.2) is 0 Å². The van der Waals surface area contributed by atoms with E-state index in [2.05, 4.69) is 26.8 Å². The normalized spacial score (nSPS) is 14.1. The highest BCUT2D eigenvalue weighted by atomic mass is 16.1. The van der Waals surface area contributed by atoms with Crippen molar-refractivity contribution in [1.29, 1.82) is 0 Å². The minimum absolute atomic E-state index is 0.385. The van der Waals surface area contributed by atoms with E-state index < -0.39 is 0 Å². The zero-order valence-electron chi connectivity index (χ0n) is 8.63. The Morgan fingerprint density at radius 1 is 1.25 bits per heavy atom. The second-order valence-electron chi connectivity index (χ2n) is 3.84. The SMILES string of the molecule is C/C=C/C(C)CC(=O)CC(C)C. The second-order valence-corrected chi connectivity index (χ2v) is 3.84. The van der Waals surface area contributed by atoms with Gasteiger partial charge < -0.3 is 0 Å². The average molecular weight is 168 g/mol. The number of Topliss-reactive ketones (excluding diaryl/α,β-unsaturated/α-hetero) is 1. The maximum absolute atomic E-state index is 11.3. The fourth-order valence-electron chi connectivity index (χ4n) is 1.29. The van der Waals surface area contributed by atoms with Gasteiger partial charge >= 0.3 is 0 Å². The Morgan fingerprint density at radius 3 is 2.25 bits per heavy atom. The lowest BCUT2D eigenvalue weighted by Crippen LogP contribution is -2.06. The van der Waals surface area contributed by atoms with Gasteiger partial charge in [-0.1, -0.05) is 32.9 Å². The lowest BCUT2D eigenvalue weighted by molar-refractivity contribution is -0.120. The van der Waals surface area contributed by atoms with Crippen LogP contribution in [0, 0.1) is 11.8 Å². The largest absolute Gasteiger partial charge is 0.300 e. The number of rotatable bonds is 5. The van der Waals surface area contributed by atoms with Crippen molar-refractivity contribution in [3.8, 4) is 0 Å². The summed E-state index contributed by atoms with van der Waals surface area (Å²) in [6.07, 6.45) is 5.51. The Labute approximate surface area is 75.9 Å². The van der Waals surface area contributed by atoms with Crippen molar-refractivity contribution in [2.75, 3.05) is 0 Å². The maximum Gasteiger partial charge on any atom is 0.133 e. The van der Waals surface area contributed by atoms with Crippen LogP contribution in [0.25, 0.3) is 0 Å². The predicted octanol–water partition coefficient (Wildman–Crippen LogP) is 3.20. The molecule has 1 heteroatoms. The summed E-state index contributed by atoms with van der Waals surface area (Å²) in [5.41, 5.74) is 0. The number of hydrogen-bond acceptors (Lipinski definition) is 1. The molecule has 0 saturated carbocycles. The Kier molecular flexibility index (Phi) is 5.69. The van der Waals surface area contributed by atoms with Gasteiger partial charge in [0.2, 0.25) is 0 Å². The highest BCUT2D eigenvalue weighted by Gasteiger charge is 2.07. The summed E-state index contributed by atoms with van der Waals surface area (Å²) in [5, 5.41) is 0. The summed E-state index contributed by atoms with van der Waals surface area (Å²) >= 11 is 0. The molecule has 0 N–H and O–H groups in total. The molecular weight excluding hydrogens is 148 g/mol. The Bertz CT molecular complexity index is 156. The molecule has 1 atom stereocenters. The van der Waals surface area contributed by atoms with Crippen molar-refractivity contribution in [2.24, 2.45) is 11.8 Å². The van der Waals surface area contributed by atoms with Gasteiger partial charge in [-0.05, 0) is 18.8 Å². The molecule has 70 valence electrons. The second kappa shape index (κ2) is 5.99. The molecule has 0 spiro atoms. The van der Waals surface area contributed by atoms with Crippen molar-refractivity contribution in [1.82, 2.24) is 0 Å². The lowest BCUT2D eigenvalue weighted by atomic mass is 9.98. The molecule has 1 nitrogen and oxygen atoms in total. The molecule has 0 rings (SSSR count). The zero-order valence-corrected chi connectivity index (χ0v) is 8.63. The number of ketones is 1. The van der Waals surface area contributed by atoms with Crippen molar-refractivity contribution < 1.29 is 4.79 Å². The van der Waals surface area contributed by atoms with Gasteiger partial charge in [0.25, 0.3) is 0 Å². The van der Waals surface area contributed by atoms with Gasteiger partial charge in [0, 0.05) is 12.8 Å². The highest BCUT2D eigenvalue weighted by molar-refractivity contribution is 5.78. The van der Waals surface area contributed by atoms with E-state index in [0.29, 0.717) is 24.0 Å². The summed E-state index contributed by atoms with van der Waals surface area (Å²) < 4.78 is 0. The van der Waals surface area contributed by atoms with Crippen LogP contribution in [0.1, 0.15) is 40.5 Å². The molecule has 12 heavy (non-hydrogen) atoms. The van der Waals surface area contributed by atoms with Gasteiger partial charge in [-0.3, -0.25) is 4.79 Å². The Morgan fingerprint density at radius 2 is 1.83 bits per heavy atom. The molecule has 0 aromatic rings. The number of carbonyl (C=O) groups excluding carboxylic acids is 1. The van der Waals surface area contributed by atoms with Gasteiger partial charge in [0.15, 0.2) is 0 Å². The van der Waals surface area contributed by atoms with E-state index >= 15 is 0 Å². The van der Waals surface area contributed by atoms with Crippen molar-refractivity contribution in [3.05, 3.63) is 12.2 Å². The van der Waals surface area contributed by atoms with Crippen LogP contribution < -0.4 is 0 Å². The molecule has 0 radical (unpaired) electrons. The summed E-state index contributed by atoms with van der Waals surface area (Å²) in [6, 6.07) is 0. The Balaban J connectivity index is 3.69. The number of carbonyl (C=O) groups is 1. The third-order valence-corrected chi connectivity index (χ3v) is 1.71. The molecule has 0 aromatic carbocycles. The molecule has 1 unspecified atom stereocenters. The van der Waals surface area contributed by atoms with E-state index in [1.807, 2.05) is 13.0 Å². The van der Waals surface area contributed by atoms with Crippen LogP contribution in [0.4, 0.5) is 0 Å². The first-order valence-corrected chi connectivity index (χ1v) is 4.70. The van der Waals surface area contributed by atoms with E-state index in [-0.39, 0.29) is 0 Å². The van der Waals surface area contributed by atoms with Crippen LogP contribution in [0.2, 0.25) is 0 Å². The van der Waals surface area contributed by atoms with E-state index in [1.54, 1.807) is 0 Å². The predicted molar refractivity (Wildman–Crippen MR) is 53.1 cm³/mol. The smallest absolute Gasteiger partial charge is 0.133 e. The summed E-state index contributed by atoms with van der Waals surface area (Å²) in [6.45, 7) is 8.23. The molecule has 0 saturated heterocycles. The van der Waals surface area contributed by atoms with E-state index in [4.69, 9.17) is 0 Å². The van der Waals surface area contributed by atoms with Gasteiger partial charge in [-0.15, -0.1) is 0 Å². The number of allylic oxidation sites excluding steroid dienone is 2. The molecule has 0 aliphatic heterocycles. The summed E-state index contributed by atoms with van der Waals surface area (Å²) in [7, 11) is 0.